The summed E-state index contributed by atoms with van der Waals surface area (Å²) >= 11 is 0. The topological polar surface area (TPSA) is 64.9 Å². The van der Waals surface area contributed by atoms with E-state index in [4.69, 9.17) is 10.3 Å². The minimum atomic E-state index is -0.597. The molecule has 4 nitrogen and oxygen atoms in total. The van der Waals surface area contributed by atoms with Gasteiger partial charge in [0, 0.05) is 5.56 Å². The molecule has 0 aliphatic rings. The van der Waals surface area contributed by atoms with E-state index in [0.717, 1.165) is 5.56 Å². The highest BCUT2D eigenvalue weighted by Crippen LogP contribution is 2.19. The van der Waals surface area contributed by atoms with Crippen LogP contribution in [0.1, 0.15) is 19.7 Å². The lowest BCUT2D eigenvalue weighted by atomic mass is 10.1. The number of nitrogens with zero attached hydrogens (tertiary/aromatic N) is 2. The quantitative estimate of drug-likeness (QED) is 0.809. The van der Waals surface area contributed by atoms with Crippen molar-refractivity contribution in [2.45, 2.75) is 19.4 Å². The van der Waals surface area contributed by atoms with Crippen LogP contribution in [0, 0.1) is 0 Å². The highest BCUT2D eigenvalue weighted by Gasteiger charge is 2.22. The van der Waals surface area contributed by atoms with Crippen molar-refractivity contribution >= 4 is 0 Å². The van der Waals surface area contributed by atoms with E-state index in [1.807, 2.05) is 44.2 Å². The van der Waals surface area contributed by atoms with Gasteiger partial charge in [-0.3, -0.25) is 0 Å². The van der Waals surface area contributed by atoms with E-state index < -0.39 is 5.54 Å². The Kier molecular flexibility index (Phi) is 2.28. The minimum Gasteiger partial charge on any atom is -0.337 e. The molecule has 4 heteroatoms. The Labute approximate surface area is 88.1 Å². The summed E-state index contributed by atoms with van der Waals surface area (Å²) < 4.78 is 5.10. The maximum absolute atomic E-state index is 5.85. The van der Waals surface area contributed by atoms with Crippen LogP contribution in [0.15, 0.2) is 34.9 Å². The lowest BCUT2D eigenvalue weighted by molar-refractivity contribution is 0.312. The molecule has 0 fully saturated rings. The maximum atomic E-state index is 5.85. The van der Waals surface area contributed by atoms with Gasteiger partial charge < -0.3 is 10.3 Å². The Morgan fingerprint density at radius 1 is 1.20 bits per heavy atom. The molecule has 2 rings (SSSR count). The van der Waals surface area contributed by atoms with Crippen LogP contribution in [-0.2, 0) is 5.54 Å². The Morgan fingerprint density at radius 3 is 2.40 bits per heavy atom. The van der Waals surface area contributed by atoms with Crippen molar-refractivity contribution in [3.8, 4) is 11.4 Å². The normalized spacial score (nSPS) is 11.7. The van der Waals surface area contributed by atoms with Crippen molar-refractivity contribution in [3.63, 3.8) is 0 Å². The molecule has 1 aromatic carbocycles. The number of benzene rings is 1. The van der Waals surface area contributed by atoms with Crippen LogP contribution in [-0.4, -0.2) is 10.1 Å². The third-order valence-electron chi connectivity index (χ3n) is 2.01. The zero-order valence-electron chi connectivity index (χ0n) is 8.77. The van der Waals surface area contributed by atoms with E-state index in [2.05, 4.69) is 10.1 Å². The second-order valence-corrected chi connectivity index (χ2v) is 4.01. The van der Waals surface area contributed by atoms with Gasteiger partial charge in [-0.2, -0.15) is 4.98 Å². The lowest BCUT2D eigenvalue weighted by Crippen LogP contribution is -2.28. The van der Waals surface area contributed by atoms with Gasteiger partial charge in [-0.15, -0.1) is 0 Å². The highest BCUT2D eigenvalue weighted by atomic mass is 16.5. The molecule has 78 valence electrons. The molecule has 0 atom stereocenters. The average molecular weight is 203 g/mol. The standard InChI is InChI=1S/C11H13N3O/c1-11(2,12)10-13-9(14-15-10)8-6-4-3-5-7-8/h3-7H,12H2,1-2H3. The molecule has 1 heterocycles. The fraction of sp³-hybridized carbons (Fsp3) is 0.273. The first kappa shape index (κ1) is 9.86. The van der Waals surface area contributed by atoms with Gasteiger partial charge in [0.1, 0.15) is 0 Å². The summed E-state index contributed by atoms with van der Waals surface area (Å²) in [5.41, 5.74) is 6.18. The minimum absolute atomic E-state index is 0.446. The Hall–Kier alpha value is -1.68. The molecule has 0 aliphatic heterocycles. The molecule has 0 saturated heterocycles. The Bertz CT molecular complexity index is 442. The second-order valence-electron chi connectivity index (χ2n) is 4.01. The summed E-state index contributed by atoms with van der Waals surface area (Å²) in [4.78, 5) is 4.25. The molecule has 0 bridgehead atoms. The molecule has 2 N–H and O–H groups in total. The number of rotatable bonds is 2. The number of hydrogen-bond acceptors (Lipinski definition) is 4. The van der Waals surface area contributed by atoms with Gasteiger partial charge >= 0.3 is 0 Å². The zero-order chi connectivity index (χ0) is 10.9. The van der Waals surface area contributed by atoms with Crippen LogP contribution >= 0.6 is 0 Å². The lowest BCUT2D eigenvalue weighted by Gasteiger charge is -2.10. The predicted octanol–water partition coefficient (Wildman–Crippen LogP) is 1.93. The monoisotopic (exact) mass is 203 g/mol. The Balaban J connectivity index is 2.37. The molecule has 2 aromatic rings. The second kappa shape index (κ2) is 3.47. The van der Waals surface area contributed by atoms with Crippen molar-refractivity contribution in [1.82, 2.24) is 10.1 Å². The summed E-state index contributed by atoms with van der Waals surface area (Å²) in [5.74, 6) is 1.02. The SMILES string of the molecule is CC(C)(N)c1nc(-c2ccccc2)no1. The summed E-state index contributed by atoms with van der Waals surface area (Å²) in [6, 6.07) is 9.66. The van der Waals surface area contributed by atoms with E-state index in [-0.39, 0.29) is 0 Å². The molecular weight excluding hydrogens is 190 g/mol. The van der Waals surface area contributed by atoms with E-state index in [0.29, 0.717) is 11.7 Å². The van der Waals surface area contributed by atoms with Crippen molar-refractivity contribution < 1.29 is 4.52 Å². The van der Waals surface area contributed by atoms with E-state index in [1.165, 1.54) is 0 Å². The van der Waals surface area contributed by atoms with Gasteiger partial charge in [0.2, 0.25) is 11.7 Å². The molecule has 15 heavy (non-hydrogen) atoms. The third-order valence-corrected chi connectivity index (χ3v) is 2.01. The van der Waals surface area contributed by atoms with Gasteiger partial charge in [0.15, 0.2) is 0 Å². The highest BCUT2D eigenvalue weighted by molar-refractivity contribution is 5.53. The third kappa shape index (κ3) is 2.05. The maximum Gasteiger partial charge on any atom is 0.246 e. The fourth-order valence-corrected chi connectivity index (χ4v) is 1.19. The van der Waals surface area contributed by atoms with Crippen LogP contribution < -0.4 is 5.73 Å². The van der Waals surface area contributed by atoms with E-state index in [9.17, 15) is 0 Å². The molecule has 0 spiro atoms. The average Bonchev–Trinajstić information content (AvgIpc) is 2.67. The number of aromatic nitrogens is 2. The van der Waals surface area contributed by atoms with Gasteiger partial charge in [-0.25, -0.2) is 0 Å². The van der Waals surface area contributed by atoms with Gasteiger partial charge in [0.05, 0.1) is 5.54 Å². The van der Waals surface area contributed by atoms with Crippen molar-refractivity contribution in [2.24, 2.45) is 5.73 Å². The largest absolute Gasteiger partial charge is 0.337 e. The summed E-state index contributed by atoms with van der Waals surface area (Å²) in [6.07, 6.45) is 0. The molecule has 0 saturated carbocycles. The number of nitrogens with two attached hydrogens (primary N) is 1. The van der Waals surface area contributed by atoms with Crippen LogP contribution in [0.3, 0.4) is 0 Å². The van der Waals surface area contributed by atoms with Gasteiger partial charge in [0.25, 0.3) is 0 Å². The molecule has 0 aliphatic carbocycles. The Morgan fingerprint density at radius 2 is 1.87 bits per heavy atom. The first-order chi connectivity index (χ1) is 7.07. The molecule has 0 amide bonds. The summed E-state index contributed by atoms with van der Waals surface area (Å²) in [6.45, 7) is 3.66. The van der Waals surface area contributed by atoms with Crippen molar-refractivity contribution in [3.05, 3.63) is 36.2 Å². The van der Waals surface area contributed by atoms with Crippen LogP contribution in [0.4, 0.5) is 0 Å². The first-order valence-corrected chi connectivity index (χ1v) is 4.76. The van der Waals surface area contributed by atoms with E-state index >= 15 is 0 Å². The van der Waals surface area contributed by atoms with Crippen molar-refractivity contribution in [1.29, 1.82) is 0 Å². The molecule has 0 radical (unpaired) electrons. The van der Waals surface area contributed by atoms with E-state index in [1.54, 1.807) is 0 Å². The molecule has 1 aromatic heterocycles. The molecule has 0 unspecified atom stereocenters. The zero-order valence-corrected chi connectivity index (χ0v) is 8.77. The number of hydrogen-bond donors (Lipinski definition) is 1. The van der Waals surface area contributed by atoms with Gasteiger partial charge in [-0.1, -0.05) is 35.5 Å². The van der Waals surface area contributed by atoms with Crippen molar-refractivity contribution in [2.75, 3.05) is 0 Å². The summed E-state index contributed by atoms with van der Waals surface area (Å²) in [7, 11) is 0. The van der Waals surface area contributed by atoms with Gasteiger partial charge in [-0.05, 0) is 13.8 Å². The first-order valence-electron chi connectivity index (χ1n) is 4.76. The molecular formula is C11H13N3O. The smallest absolute Gasteiger partial charge is 0.246 e. The predicted molar refractivity (Wildman–Crippen MR) is 56.9 cm³/mol. The fourth-order valence-electron chi connectivity index (χ4n) is 1.19. The van der Waals surface area contributed by atoms with Crippen LogP contribution in [0.5, 0.6) is 0 Å². The summed E-state index contributed by atoms with van der Waals surface area (Å²) in [5, 5.41) is 3.89. The van der Waals surface area contributed by atoms with Crippen LogP contribution in [0.2, 0.25) is 0 Å². The van der Waals surface area contributed by atoms with Crippen LogP contribution in [0.25, 0.3) is 11.4 Å².